The Morgan fingerprint density at radius 2 is 1.73 bits per heavy atom. The van der Waals surface area contributed by atoms with Gasteiger partial charge in [0.05, 0.1) is 33.6 Å². The summed E-state index contributed by atoms with van der Waals surface area (Å²) in [5, 5.41) is 3.90. The molecule has 2 aromatic carbocycles. The number of ether oxygens (including phenoxy) is 3. The van der Waals surface area contributed by atoms with Gasteiger partial charge in [-0.25, -0.2) is 4.68 Å². The maximum atomic E-state index is 6.16. The van der Waals surface area contributed by atoms with Crippen molar-refractivity contribution in [3.63, 3.8) is 0 Å². The Bertz CT molecular complexity index is 1130. The second-order valence-electron chi connectivity index (χ2n) is 7.05. The number of nitrogens with one attached hydrogen (secondary N) is 1. The van der Waals surface area contributed by atoms with Crippen molar-refractivity contribution in [1.29, 1.82) is 0 Å². The van der Waals surface area contributed by atoms with Gasteiger partial charge in [0.25, 0.3) is 0 Å². The van der Waals surface area contributed by atoms with Gasteiger partial charge in [0.15, 0.2) is 17.3 Å². The number of rotatable bonds is 6. The summed E-state index contributed by atoms with van der Waals surface area (Å²) in [5.41, 5.74) is 3.28. The average molecular weight is 447 g/mol. The number of methoxy groups -OCH3 is 3. The molecule has 1 aliphatic rings. The average Bonchev–Trinajstić information content (AvgIpc) is 3.12. The minimum Gasteiger partial charge on any atom is -0.496 e. The molecule has 0 aliphatic carbocycles. The molecule has 0 spiro atoms. The largest absolute Gasteiger partial charge is 0.496 e. The van der Waals surface area contributed by atoms with Gasteiger partial charge in [-0.05, 0) is 60.1 Å². The van der Waals surface area contributed by atoms with E-state index in [2.05, 4.69) is 27.1 Å². The predicted molar refractivity (Wildman–Crippen MR) is 118 cm³/mol. The summed E-state index contributed by atoms with van der Waals surface area (Å²) < 4.78 is 18.7. The third kappa shape index (κ3) is 4.03. The van der Waals surface area contributed by atoms with Crippen molar-refractivity contribution >= 4 is 23.8 Å². The normalized spacial score (nSPS) is 13.7. The van der Waals surface area contributed by atoms with E-state index in [1.54, 1.807) is 27.4 Å². The molecule has 3 aromatic rings. The summed E-state index contributed by atoms with van der Waals surface area (Å²) in [5.74, 6) is 2.82. The summed E-state index contributed by atoms with van der Waals surface area (Å²) in [6.07, 6.45) is 0.923. The highest BCUT2D eigenvalue weighted by molar-refractivity contribution is 7.71. The third-order valence-electron chi connectivity index (χ3n) is 5.23. The van der Waals surface area contributed by atoms with Gasteiger partial charge in [-0.3, -0.25) is 10.00 Å². The zero-order valence-corrected chi connectivity index (χ0v) is 18.6. The molecule has 0 fully saturated rings. The molecule has 1 N–H and O–H groups in total. The van der Waals surface area contributed by atoms with Crippen molar-refractivity contribution in [2.45, 2.75) is 19.6 Å². The van der Waals surface area contributed by atoms with E-state index in [4.69, 9.17) is 38.0 Å². The molecule has 0 atom stereocenters. The zero-order valence-electron chi connectivity index (χ0n) is 17.1. The molecule has 0 unspecified atom stereocenters. The van der Waals surface area contributed by atoms with E-state index < -0.39 is 0 Å². The minimum absolute atomic E-state index is 0.477. The van der Waals surface area contributed by atoms with Crippen molar-refractivity contribution in [1.82, 2.24) is 19.7 Å². The van der Waals surface area contributed by atoms with Crippen molar-refractivity contribution in [2.24, 2.45) is 0 Å². The van der Waals surface area contributed by atoms with Crippen LogP contribution < -0.4 is 14.2 Å². The van der Waals surface area contributed by atoms with Crippen LogP contribution in [0, 0.1) is 4.77 Å². The first-order chi connectivity index (χ1) is 14.5. The Morgan fingerprint density at radius 1 is 1.03 bits per heavy atom. The molecule has 0 amide bonds. The first-order valence-corrected chi connectivity index (χ1v) is 10.3. The van der Waals surface area contributed by atoms with Crippen molar-refractivity contribution < 1.29 is 14.2 Å². The lowest BCUT2D eigenvalue weighted by Gasteiger charge is -2.29. The lowest BCUT2D eigenvalue weighted by molar-refractivity contribution is 0.188. The number of aromatic amines is 1. The molecular formula is C21H23ClN4O3S. The fraction of sp³-hybridized carbons (Fsp3) is 0.333. The molecule has 1 aromatic heterocycles. The van der Waals surface area contributed by atoms with Crippen LogP contribution in [-0.4, -0.2) is 47.5 Å². The number of hydrogen-bond donors (Lipinski definition) is 1. The molecule has 7 nitrogen and oxygen atoms in total. The fourth-order valence-corrected chi connectivity index (χ4v) is 4.07. The standard InChI is InChI=1S/C21H23ClN4O3S/c1-27-17-5-4-15(22)10-16(17)20-23-21(30)26(24-20)12-25-7-6-13-8-18(28-2)19(29-3)9-14(13)11-25/h4-5,8-10H,6-7,11-12H2,1-3H3,(H,23,24,30). The summed E-state index contributed by atoms with van der Waals surface area (Å²) in [6.45, 7) is 2.29. The number of fused-ring (bicyclic) bond motifs is 1. The van der Waals surface area contributed by atoms with Gasteiger partial charge in [-0.1, -0.05) is 11.6 Å². The van der Waals surface area contributed by atoms with Crippen LogP contribution in [0.3, 0.4) is 0 Å². The van der Waals surface area contributed by atoms with Gasteiger partial charge < -0.3 is 14.2 Å². The van der Waals surface area contributed by atoms with Crippen LogP contribution in [0.5, 0.6) is 17.2 Å². The highest BCUT2D eigenvalue weighted by Gasteiger charge is 2.20. The molecule has 158 valence electrons. The monoisotopic (exact) mass is 446 g/mol. The van der Waals surface area contributed by atoms with Gasteiger partial charge in [-0.15, -0.1) is 0 Å². The summed E-state index contributed by atoms with van der Waals surface area (Å²) in [6, 6.07) is 9.53. The van der Waals surface area contributed by atoms with Crippen molar-refractivity contribution in [3.05, 3.63) is 51.3 Å². The van der Waals surface area contributed by atoms with Gasteiger partial charge in [0.2, 0.25) is 4.77 Å². The Hall–Kier alpha value is -2.55. The predicted octanol–water partition coefficient (Wildman–Crippen LogP) is 4.30. The Balaban J connectivity index is 1.57. The molecule has 0 bridgehead atoms. The van der Waals surface area contributed by atoms with Crippen LogP contribution >= 0.6 is 23.8 Å². The van der Waals surface area contributed by atoms with Crippen LogP contribution in [0.25, 0.3) is 11.4 Å². The van der Waals surface area contributed by atoms with Crippen LogP contribution in [0.2, 0.25) is 5.02 Å². The van der Waals surface area contributed by atoms with Gasteiger partial charge >= 0.3 is 0 Å². The van der Waals surface area contributed by atoms with Gasteiger partial charge in [-0.2, -0.15) is 4.98 Å². The first-order valence-electron chi connectivity index (χ1n) is 9.49. The van der Waals surface area contributed by atoms with Gasteiger partial charge in [0.1, 0.15) is 5.75 Å². The van der Waals surface area contributed by atoms with Gasteiger partial charge in [0, 0.05) is 18.1 Å². The zero-order chi connectivity index (χ0) is 21.3. The number of halogens is 1. The second-order valence-corrected chi connectivity index (χ2v) is 7.85. The van der Waals surface area contributed by atoms with Crippen molar-refractivity contribution in [2.75, 3.05) is 27.9 Å². The van der Waals surface area contributed by atoms with E-state index in [-0.39, 0.29) is 0 Å². The fourth-order valence-electron chi connectivity index (χ4n) is 3.70. The molecule has 0 radical (unpaired) electrons. The Labute approximate surface area is 185 Å². The number of nitrogens with zero attached hydrogens (tertiary/aromatic N) is 3. The van der Waals surface area contributed by atoms with Crippen molar-refractivity contribution in [3.8, 4) is 28.6 Å². The topological polar surface area (TPSA) is 64.5 Å². The van der Waals surface area contributed by atoms with Crippen LogP contribution in [-0.2, 0) is 19.6 Å². The Kier molecular flexibility index (Phi) is 5.99. The molecule has 2 heterocycles. The number of aromatic nitrogens is 3. The number of hydrogen-bond acceptors (Lipinski definition) is 6. The molecule has 4 rings (SSSR count). The van der Waals surface area contributed by atoms with Crippen LogP contribution in [0.1, 0.15) is 11.1 Å². The second kappa shape index (κ2) is 8.67. The highest BCUT2D eigenvalue weighted by Crippen LogP contribution is 2.34. The van der Waals surface area contributed by atoms with E-state index in [0.29, 0.717) is 28.0 Å². The third-order valence-corrected chi connectivity index (χ3v) is 5.78. The SMILES string of the molecule is COc1cc2c(cc1OC)CN(Cn1[nH]c(-c3cc(Cl)ccc3OC)nc1=S)CC2. The summed E-state index contributed by atoms with van der Waals surface area (Å²) in [7, 11) is 4.93. The van der Waals surface area contributed by atoms with Crippen LogP contribution in [0.15, 0.2) is 30.3 Å². The summed E-state index contributed by atoms with van der Waals surface area (Å²) >= 11 is 11.7. The number of benzene rings is 2. The van der Waals surface area contributed by atoms with Crippen LogP contribution in [0.4, 0.5) is 0 Å². The molecule has 9 heteroatoms. The molecule has 0 saturated heterocycles. The highest BCUT2D eigenvalue weighted by atomic mass is 35.5. The molecule has 1 aliphatic heterocycles. The van der Waals surface area contributed by atoms with E-state index >= 15 is 0 Å². The van der Waals surface area contributed by atoms with E-state index in [1.807, 2.05) is 16.8 Å². The lowest BCUT2D eigenvalue weighted by Crippen LogP contribution is -2.32. The Morgan fingerprint density at radius 3 is 2.43 bits per heavy atom. The quantitative estimate of drug-likeness (QED) is 0.569. The molecule has 0 saturated carbocycles. The maximum absolute atomic E-state index is 6.16. The first kappa shape index (κ1) is 20.7. The molecule has 30 heavy (non-hydrogen) atoms. The van der Waals surface area contributed by atoms with E-state index in [0.717, 1.165) is 36.6 Å². The van der Waals surface area contributed by atoms with E-state index in [1.165, 1.54) is 11.1 Å². The lowest BCUT2D eigenvalue weighted by atomic mass is 9.99. The maximum Gasteiger partial charge on any atom is 0.217 e. The van der Waals surface area contributed by atoms with E-state index in [9.17, 15) is 0 Å². The smallest absolute Gasteiger partial charge is 0.217 e. The summed E-state index contributed by atoms with van der Waals surface area (Å²) in [4.78, 5) is 6.82. The number of H-pyrrole nitrogens is 1. The minimum atomic E-state index is 0.477. The molecular weight excluding hydrogens is 424 g/mol.